The number of non-ortho nitro benzene ring substituents is 1. The summed E-state index contributed by atoms with van der Waals surface area (Å²) in [6.45, 7) is 4.10. The molecule has 168 valence electrons. The molecule has 0 unspecified atom stereocenters. The lowest BCUT2D eigenvalue weighted by molar-refractivity contribution is -0.384. The van der Waals surface area contributed by atoms with E-state index in [1.54, 1.807) is 16.8 Å². The number of aromatic nitrogens is 3. The molecule has 0 atom stereocenters. The van der Waals surface area contributed by atoms with E-state index < -0.39 is 4.92 Å². The quantitative estimate of drug-likeness (QED) is 0.182. The number of benzene rings is 1. The predicted octanol–water partition coefficient (Wildman–Crippen LogP) is 4.16. The lowest BCUT2D eigenvalue weighted by Gasteiger charge is -2.12. The number of fused-ring (bicyclic) bond motifs is 1. The molecule has 0 aliphatic carbocycles. The lowest BCUT2D eigenvalue weighted by Crippen LogP contribution is -2.25. The molecule has 0 bridgehead atoms. The van der Waals surface area contributed by atoms with E-state index in [9.17, 15) is 19.7 Å². The van der Waals surface area contributed by atoms with Crippen LogP contribution < -0.4 is 10.9 Å². The summed E-state index contributed by atoms with van der Waals surface area (Å²) in [5.74, 6) is -0.299. The number of nitro benzene ring substituents is 1. The van der Waals surface area contributed by atoms with Gasteiger partial charge in [0.05, 0.1) is 28.3 Å². The Balaban J connectivity index is 1.59. The van der Waals surface area contributed by atoms with Gasteiger partial charge in [-0.25, -0.2) is 4.98 Å². The first-order valence-corrected chi connectivity index (χ1v) is 11.7. The van der Waals surface area contributed by atoms with Crippen molar-refractivity contribution in [2.45, 2.75) is 25.5 Å². The maximum atomic E-state index is 13.3. The van der Waals surface area contributed by atoms with Gasteiger partial charge in [-0.3, -0.25) is 29.3 Å². The van der Waals surface area contributed by atoms with Crippen LogP contribution >= 0.6 is 23.1 Å². The van der Waals surface area contributed by atoms with Crippen molar-refractivity contribution in [2.75, 3.05) is 11.1 Å². The number of thioether (sulfide) groups is 1. The molecule has 0 radical (unpaired) electrons. The summed E-state index contributed by atoms with van der Waals surface area (Å²) in [7, 11) is 0. The fourth-order valence-electron chi connectivity index (χ4n) is 3.21. The number of nitro groups is 1. The molecular formula is C22H19N5O4S2. The number of rotatable bonds is 7. The standard InChI is InChI=1S/C22H19N5O4S2/c1-13-14(2)33-20-19(13)21(29)26(11-16-5-3-4-10-23-16)22(25-20)32-12-18(28)24-15-6-8-17(9-7-15)27(30)31/h3-10H,11-12H2,1-2H3,(H,24,28). The van der Waals surface area contributed by atoms with Gasteiger partial charge in [0.25, 0.3) is 11.2 Å². The minimum atomic E-state index is -0.502. The van der Waals surface area contributed by atoms with Crippen LogP contribution in [0.5, 0.6) is 0 Å². The fourth-order valence-corrected chi connectivity index (χ4v) is 5.07. The van der Waals surface area contributed by atoms with Gasteiger partial charge in [0.15, 0.2) is 5.16 Å². The Morgan fingerprint density at radius 2 is 1.97 bits per heavy atom. The van der Waals surface area contributed by atoms with E-state index in [0.717, 1.165) is 22.2 Å². The maximum Gasteiger partial charge on any atom is 0.269 e. The van der Waals surface area contributed by atoms with Crippen LogP contribution in [0.4, 0.5) is 11.4 Å². The van der Waals surface area contributed by atoms with Crippen molar-refractivity contribution in [3.05, 3.63) is 85.3 Å². The zero-order valence-electron chi connectivity index (χ0n) is 17.8. The zero-order chi connectivity index (χ0) is 23.5. The number of carbonyl (C=O) groups excluding carboxylic acids is 1. The molecule has 4 rings (SSSR count). The van der Waals surface area contributed by atoms with E-state index in [0.29, 0.717) is 26.8 Å². The minimum absolute atomic E-state index is 0.0144. The number of aryl methyl sites for hydroxylation is 2. The van der Waals surface area contributed by atoms with Crippen LogP contribution in [0.2, 0.25) is 0 Å². The van der Waals surface area contributed by atoms with Gasteiger partial charge in [0, 0.05) is 28.9 Å². The van der Waals surface area contributed by atoms with Crippen molar-refractivity contribution in [1.82, 2.24) is 14.5 Å². The summed E-state index contributed by atoms with van der Waals surface area (Å²) in [5.41, 5.74) is 1.85. The van der Waals surface area contributed by atoms with Crippen molar-refractivity contribution in [2.24, 2.45) is 0 Å². The van der Waals surface area contributed by atoms with E-state index in [-0.39, 0.29) is 29.5 Å². The number of pyridine rings is 1. The maximum absolute atomic E-state index is 13.3. The molecule has 0 fully saturated rings. The van der Waals surface area contributed by atoms with E-state index in [2.05, 4.69) is 15.3 Å². The van der Waals surface area contributed by atoms with Gasteiger partial charge in [-0.05, 0) is 43.7 Å². The van der Waals surface area contributed by atoms with Gasteiger partial charge in [0.2, 0.25) is 5.91 Å². The molecule has 1 N–H and O–H groups in total. The van der Waals surface area contributed by atoms with Crippen LogP contribution in [0.25, 0.3) is 10.2 Å². The Kier molecular flexibility index (Phi) is 6.52. The van der Waals surface area contributed by atoms with Crippen LogP contribution in [-0.2, 0) is 11.3 Å². The van der Waals surface area contributed by atoms with Crippen LogP contribution in [-0.4, -0.2) is 31.1 Å². The van der Waals surface area contributed by atoms with E-state index in [1.165, 1.54) is 35.6 Å². The Bertz CT molecular complexity index is 1400. The first-order valence-electron chi connectivity index (χ1n) is 9.91. The van der Waals surface area contributed by atoms with Gasteiger partial charge in [-0.2, -0.15) is 0 Å². The van der Waals surface area contributed by atoms with Crippen LogP contribution in [0.15, 0.2) is 58.6 Å². The number of carbonyl (C=O) groups is 1. The summed E-state index contributed by atoms with van der Waals surface area (Å²) in [4.78, 5) is 46.8. The molecule has 33 heavy (non-hydrogen) atoms. The molecule has 0 saturated heterocycles. The second kappa shape index (κ2) is 9.51. The highest BCUT2D eigenvalue weighted by Crippen LogP contribution is 2.28. The normalized spacial score (nSPS) is 11.0. The first kappa shape index (κ1) is 22.6. The zero-order valence-corrected chi connectivity index (χ0v) is 19.4. The summed E-state index contributed by atoms with van der Waals surface area (Å²) < 4.78 is 1.55. The summed E-state index contributed by atoms with van der Waals surface area (Å²) in [6.07, 6.45) is 1.66. The smallest absolute Gasteiger partial charge is 0.269 e. The van der Waals surface area contributed by atoms with E-state index in [1.807, 2.05) is 26.0 Å². The van der Waals surface area contributed by atoms with E-state index >= 15 is 0 Å². The molecule has 1 aromatic carbocycles. The molecule has 1 amide bonds. The third-order valence-electron chi connectivity index (χ3n) is 4.99. The molecule has 0 saturated carbocycles. The van der Waals surface area contributed by atoms with Crippen LogP contribution in [0.1, 0.15) is 16.1 Å². The number of hydrogen-bond acceptors (Lipinski definition) is 8. The molecule has 9 nitrogen and oxygen atoms in total. The summed E-state index contributed by atoms with van der Waals surface area (Å²) in [5, 5.41) is 14.5. The summed E-state index contributed by atoms with van der Waals surface area (Å²) in [6, 6.07) is 11.1. The molecule has 0 aliphatic rings. The number of thiophene rings is 1. The average Bonchev–Trinajstić information content (AvgIpc) is 3.09. The molecule has 0 aliphatic heterocycles. The van der Waals surface area contributed by atoms with Crippen molar-refractivity contribution < 1.29 is 9.72 Å². The number of nitrogens with one attached hydrogen (secondary N) is 1. The Labute approximate surface area is 196 Å². The third kappa shape index (κ3) is 4.94. The number of nitrogens with zero attached hydrogens (tertiary/aromatic N) is 4. The predicted molar refractivity (Wildman–Crippen MR) is 129 cm³/mol. The molecule has 4 aromatic rings. The van der Waals surface area contributed by atoms with Crippen molar-refractivity contribution in [1.29, 1.82) is 0 Å². The average molecular weight is 482 g/mol. The lowest BCUT2D eigenvalue weighted by atomic mass is 10.2. The Morgan fingerprint density at radius 1 is 1.21 bits per heavy atom. The van der Waals surface area contributed by atoms with Crippen LogP contribution in [0, 0.1) is 24.0 Å². The van der Waals surface area contributed by atoms with Crippen molar-refractivity contribution in [3.63, 3.8) is 0 Å². The number of anilines is 1. The molecule has 11 heteroatoms. The van der Waals surface area contributed by atoms with Crippen molar-refractivity contribution in [3.8, 4) is 0 Å². The topological polar surface area (TPSA) is 120 Å². The highest BCUT2D eigenvalue weighted by atomic mass is 32.2. The SMILES string of the molecule is Cc1sc2nc(SCC(=O)Nc3ccc([N+](=O)[O-])cc3)n(Cc3ccccn3)c(=O)c2c1C. The highest BCUT2D eigenvalue weighted by Gasteiger charge is 2.18. The largest absolute Gasteiger partial charge is 0.325 e. The summed E-state index contributed by atoms with van der Waals surface area (Å²) >= 11 is 2.61. The van der Waals surface area contributed by atoms with Gasteiger partial charge in [-0.1, -0.05) is 17.8 Å². The second-order valence-corrected chi connectivity index (χ2v) is 9.36. The molecule has 3 aromatic heterocycles. The molecule has 3 heterocycles. The van der Waals surface area contributed by atoms with Crippen LogP contribution in [0.3, 0.4) is 0 Å². The van der Waals surface area contributed by atoms with Gasteiger partial charge < -0.3 is 5.32 Å². The molecular weight excluding hydrogens is 462 g/mol. The van der Waals surface area contributed by atoms with Gasteiger partial charge >= 0.3 is 0 Å². The monoisotopic (exact) mass is 481 g/mol. The number of amides is 1. The Morgan fingerprint density at radius 3 is 2.64 bits per heavy atom. The third-order valence-corrected chi connectivity index (χ3v) is 7.07. The minimum Gasteiger partial charge on any atom is -0.325 e. The molecule has 0 spiro atoms. The van der Waals surface area contributed by atoms with Crippen molar-refractivity contribution >= 4 is 50.6 Å². The first-order chi connectivity index (χ1) is 15.8. The van der Waals surface area contributed by atoms with Gasteiger partial charge in [0.1, 0.15) is 4.83 Å². The van der Waals surface area contributed by atoms with Gasteiger partial charge in [-0.15, -0.1) is 11.3 Å². The number of hydrogen-bond donors (Lipinski definition) is 1. The Hall–Kier alpha value is -3.57. The second-order valence-electron chi connectivity index (χ2n) is 7.21. The fraction of sp³-hybridized carbons (Fsp3) is 0.182. The van der Waals surface area contributed by atoms with E-state index in [4.69, 9.17) is 0 Å². The highest BCUT2D eigenvalue weighted by molar-refractivity contribution is 7.99.